The quantitative estimate of drug-likeness (QED) is 0.232. The highest BCUT2D eigenvalue weighted by atomic mass is 32.1. The largest absolute Gasteiger partial charge is 0.463 e. The monoisotopic (exact) mass is 406 g/mol. The molecule has 0 aliphatic carbocycles. The maximum Gasteiger partial charge on any atom is 0.330 e. The lowest BCUT2D eigenvalue weighted by Gasteiger charge is -2.10. The van der Waals surface area contributed by atoms with E-state index in [4.69, 9.17) is 12.2 Å². The van der Waals surface area contributed by atoms with Crippen LogP contribution in [0, 0.1) is 0 Å². The van der Waals surface area contributed by atoms with Crippen molar-refractivity contribution in [3.63, 3.8) is 0 Å². The molecule has 0 atom stereocenters. The van der Waals surface area contributed by atoms with Crippen LogP contribution < -0.4 is 21.5 Å². The molecule has 0 aliphatic rings. The molecule has 0 saturated heterocycles. The minimum atomic E-state index is -0.660. The van der Waals surface area contributed by atoms with Crippen molar-refractivity contribution in [2.75, 3.05) is 11.9 Å². The van der Waals surface area contributed by atoms with Crippen molar-refractivity contribution in [3.05, 3.63) is 42.0 Å². The van der Waals surface area contributed by atoms with Crippen LogP contribution in [0.15, 0.2) is 36.4 Å². The van der Waals surface area contributed by atoms with E-state index >= 15 is 0 Å². The molecular formula is C18H22N4O5S. The average molecular weight is 406 g/mol. The van der Waals surface area contributed by atoms with Crippen molar-refractivity contribution in [2.24, 2.45) is 0 Å². The molecule has 3 amide bonds. The van der Waals surface area contributed by atoms with Crippen LogP contribution in [0.4, 0.5) is 5.69 Å². The Bertz CT molecular complexity index is 762. The lowest BCUT2D eigenvalue weighted by atomic mass is 10.2. The van der Waals surface area contributed by atoms with Gasteiger partial charge in [0.1, 0.15) is 0 Å². The van der Waals surface area contributed by atoms with Gasteiger partial charge in [-0.1, -0.05) is 6.92 Å². The van der Waals surface area contributed by atoms with Gasteiger partial charge in [0, 0.05) is 29.8 Å². The highest BCUT2D eigenvalue weighted by Gasteiger charge is 2.08. The van der Waals surface area contributed by atoms with Gasteiger partial charge >= 0.3 is 5.97 Å². The minimum absolute atomic E-state index is 0.0977. The highest BCUT2D eigenvalue weighted by molar-refractivity contribution is 7.80. The summed E-state index contributed by atoms with van der Waals surface area (Å²) in [6, 6.07) is 6.26. The molecule has 0 unspecified atom stereocenters. The van der Waals surface area contributed by atoms with Crippen LogP contribution >= 0.6 is 12.2 Å². The molecule has 0 fully saturated rings. The molecule has 0 heterocycles. The Morgan fingerprint density at radius 3 is 2.32 bits per heavy atom. The number of hydrogen-bond acceptors (Lipinski definition) is 6. The van der Waals surface area contributed by atoms with E-state index < -0.39 is 17.8 Å². The number of carbonyl (C=O) groups excluding carboxylic acids is 4. The van der Waals surface area contributed by atoms with Crippen LogP contribution in [0.1, 0.15) is 37.0 Å². The predicted octanol–water partition coefficient (Wildman–Crippen LogP) is 1.18. The number of ether oxygens (including phenoxy) is 1. The van der Waals surface area contributed by atoms with E-state index in [2.05, 4.69) is 26.2 Å². The molecule has 1 aromatic rings. The second-order valence-electron chi connectivity index (χ2n) is 5.36. The zero-order valence-electron chi connectivity index (χ0n) is 15.5. The summed E-state index contributed by atoms with van der Waals surface area (Å²) in [6.45, 7) is 3.75. The van der Waals surface area contributed by atoms with Gasteiger partial charge in [-0.05, 0) is 49.8 Å². The zero-order valence-corrected chi connectivity index (χ0v) is 16.4. The van der Waals surface area contributed by atoms with E-state index in [9.17, 15) is 19.2 Å². The van der Waals surface area contributed by atoms with Gasteiger partial charge in [-0.25, -0.2) is 4.79 Å². The Labute approximate surface area is 167 Å². The molecule has 9 nitrogen and oxygen atoms in total. The van der Waals surface area contributed by atoms with Crippen molar-refractivity contribution in [2.45, 2.75) is 26.7 Å². The second kappa shape index (κ2) is 12.2. The van der Waals surface area contributed by atoms with E-state index in [1.165, 1.54) is 12.1 Å². The summed E-state index contributed by atoms with van der Waals surface area (Å²) in [6.07, 6.45) is 3.08. The Kier molecular flexibility index (Phi) is 9.90. The predicted molar refractivity (Wildman–Crippen MR) is 107 cm³/mol. The normalized spacial score (nSPS) is 10.1. The number of carbonyl (C=O) groups is 4. The summed E-state index contributed by atoms with van der Waals surface area (Å²) in [5.41, 5.74) is 5.59. The Morgan fingerprint density at radius 2 is 1.71 bits per heavy atom. The van der Waals surface area contributed by atoms with Crippen LogP contribution in [0.25, 0.3) is 0 Å². The van der Waals surface area contributed by atoms with E-state index in [0.29, 0.717) is 17.7 Å². The highest BCUT2D eigenvalue weighted by Crippen LogP contribution is 2.10. The van der Waals surface area contributed by atoms with Crippen LogP contribution in [0.2, 0.25) is 0 Å². The minimum Gasteiger partial charge on any atom is -0.463 e. The van der Waals surface area contributed by atoms with Crippen LogP contribution in [0.3, 0.4) is 0 Å². The van der Waals surface area contributed by atoms with Gasteiger partial charge in [0.05, 0.1) is 6.61 Å². The summed E-state index contributed by atoms with van der Waals surface area (Å²) in [7, 11) is 0. The van der Waals surface area contributed by atoms with Crippen LogP contribution in [-0.4, -0.2) is 35.4 Å². The SMILES string of the molecule is CCCC(=O)Nc1ccc(C(=O)NNC(=S)NC(=O)C=CC(=O)OCC)cc1. The van der Waals surface area contributed by atoms with Gasteiger partial charge in [0.2, 0.25) is 11.8 Å². The third kappa shape index (κ3) is 8.90. The van der Waals surface area contributed by atoms with E-state index in [1.807, 2.05) is 6.92 Å². The number of nitrogens with one attached hydrogen (secondary N) is 4. The lowest BCUT2D eigenvalue weighted by molar-refractivity contribution is -0.137. The summed E-state index contributed by atoms with van der Waals surface area (Å²) in [5, 5.41) is 4.81. The van der Waals surface area contributed by atoms with Crippen molar-refractivity contribution in [3.8, 4) is 0 Å². The summed E-state index contributed by atoms with van der Waals surface area (Å²) < 4.78 is 4.63. The second-order valence-corrected chi connectivity index (χ2v) is 5.77. The third-order valence-electron chi connectivity index (χ3n) is 3.09. The van der Waals surface area contributed by atoms with Crippen molar-refractivity contribution in [1.29, 1.82) is 0 Å². The number of rotatable bonds is 7. The first-order valence-corrected chi connectivity index (χ1v) is 8.92. The Morgan fingerprint density at radius 1 is 1.04 bits per heavy atom. The average Bonchev–Trinajstić information content (AvgIpc) is 2.65. The maximum absolute atomic E-state index is 12.0. The molecule has 0 spiro atoms. The number of esters is 1. The fourth-order valence-corrected chi connectivity index (χ4v) is 2.01. The molecule has 1 aromatic carbocycles. The maximum atomic E-state index is 12.0. The van der Waals surface area contributed by atoms with Crippen molar-refractivity contribution >= 4 is 46.7 Å². The number of hydrazine groups is 1. The lowest BCUT2D eigenvalue weighted by Crippen LogP contribution is -2.48. The van der Waals surface area contributed by atoms with Crippen LogP contribution in [0.5, 0.6) is 0 Å². The van der Waals surface area contributed by atoms with Gasteiger partial charge in [0.15, 0.2) is 5.11 Å². The van der Waals surface area contributed by atoms with Crippen molar-refractivity contribution in [1.82, 2.24) is 16.2 Å². The van der Waals surface area contributed by atoms with Gasteiger partial charge in [-0.3, -0.25) is 30.6 Å². The Balaban J connectivity index is 2.44. The van der Waals surface area contributed by atoms with Gasteiger partial charge in [-0.15, -0.1) is 0 Å². The van der Waals surface area contributed by atoms with E-state index in [1.54, 1.807) is 19.1 Å². The molecule has 0 bridgehead atoms. The number of amides is 3. The van der Waals surface area contributed by atoms with Gasteiger partial charge in [0.25, 0.3) is 5.91 Å². The molecule has 4 N–H and O–H groups in total. The molecule has 150 valence electrons. The first-order valence-electron chi connectivity index (χ1n) is 8.51. The van der Waals surface area contributed by atoms with E-state index in [0.717, 1.165) is 18.6 Å². The first-order chi connectivity index (χ1) is 13.3. The molecule has 0 aromatic heterocycles. The first kappa shape index (κ1) is 22.8. The molecule has 10 heteroatoms. The number of thiocarbonyl (C=S) groups is 1. The molecule has 0 radical (unpaired) electrons. The van der Waals surface area contributed by atoms with Gasteiger partial charge < -0.3 is 10.1 Å². The zero-order chi connectivity index (χ0) is 20.9. The number of hydrogen-bond donors (Lipinski definition) is 4. The smallest absolute Gasteiger partial charge is 0.330 e. The Hall–Kier alpha value is -3.27. The molecule has 1 rings (SSSR count). The van der Waals surface area contributed by atoms with E-state index in [-0.39, 0.29) is 17.6 Å². The topological polar surface area (TPSA) is 126 Å². The van der Waals surface area contributed by atoms with Crippen LogP contribution in [-0.2, 0) is 19.1 Å². The fourth-order valence-electron chi connectivity index (χ4n) is 1.86. The molecular weight excluding hydrogens is 384 g/mol. The summed E-state index contributed by atoms with van der Waals surface area (Å²) in [4.78, 5) is 46.3. The number of anilines is 1. The molecule has 0 aliphatic heterocycles. The standard InChI is InChI=1S/C18H22N4O5S/c1-3-5-14(23)19-13-8-6-12(7-9-13)17(26)21-22-18(28)20-15(24)10-11-16(25)27-4-2/h6-11H,3-5H2,1-2H3,(H,19,23)(H,21,26)(H2,20,22,24,28). The third-order valence-corrected chi connectivity index (χ3v) is 3.30. The van der Waals surface area contributed by atoms with Crippen molar-refractivity contribution < 1.29 is 23.9 Å². The molecule has 28 heavy (non-hydrogen) atoms. The molecule has 0 saturated carbocycles. The fraction of sp³-hybridized carbons (Fsp3) is 0.278. The summed E-state index contributed by atoms with van der Waals surface area (Å²) in [5.74, 6) is -1.91. The summed E-state index contributed by atoms with van der Waals surface area (Å²) >= 11 is 4.87. The van der Waals surface area contributed by atoms with Gasteiger partial charge in [-0.2, -0.15) is 0 Å². The number of benzene rings is 1.